The normalized spacial score (nSPS) is 11.6. The van der Waals surface area contributed by atoms with Crippen LogP contribution in [0.25, 0.3) is 82.5 Å². The molecule has 45 heavy (non-hydrogen) atoms. The van der Waals surface area contributed by atoms with Crippen LogP contribution in [-0.4, -0.2) is 20.0 Å². The van der Waals surface area contributed by atoms with Crippen molar-refractivity contribution in [2.45, 2.75) is 0 Å². The fourth-order valence-corrected chi connectivity index (χ4v) is 6.58. The summed E-state index contributed by atoms with van der Waals surface area (Å²) >= 11 is 0. The van der Waals surface area contributed by atoms with E-state index in [1.54, 1.807) is 11.0 Å². The molecule has 0 bridgehead atoms. The lowest BCUT2D eigenvalue weighted by Gasteiger charge is -2.18. The van der Waals surface area contributed by atoms with Gasteiger partial charge in [0, 0.05) is 11.8 Å². The quantitative estimate of drug-likeness (QED) is 0.196. The van der Waals surface area contributed by atoms with Gasteiger partial charge in [-0.2, -0.15) is 4.80 Å². The molecule has 9 rings (SSSR count). The highest BCUT2D eigenvalue weighted by Crippen LogP contribution is 2.44. The van der Waals surface area contributed by atoms with Crippen LogP contribution in [0.1, 0.15) is 0 Å². The number of hydrogen-bond donors (Lipinski definition) is 0. The van der Waals surface area contributed by atoms with Gasteiger partial charge in [0.25, 0.3) is 0 Å². The van der Waals surface area contributed by atoms with E-state index in [-0.39, 0.29) is 0 Å². The maximum Gasteiger partial charge on any atom is 0.114 e. The molecule has 4 heteroatoms. The number of hydrogen-bond acceptors (Lipinski definition) is 3. The first-order valence-corrected chi connectivity index (χ1v) is 15.1. The van der Waals surface area contributed by atoms with Gasteiger partial charge in [0.1, 0.15) is 11.0 Å². The molecular formula is C41H26N4. The van der Waals surface area contributed by atoms with E-state index in [1.807, 2.05) is 36.4 Å². The second-order valence-electron chi connectivity index (χ2n) is 11.4. The van der Waals surface area contributed by atoms with Crippen molar-refractivity contribution in [1.82, 2.24) is 20.0 Å². The highest BCUT2D eigenvalue weighted by atomic mass is 15.5. The van der Waals surface area contributed by atoms with Crippen LogP contribution in [0.3, 0.4) is 0 Å². The lowest BCUT2D eigenvalue weighted by atomic mass is 9.85. The van der Waals surface area contributed by atoms with E-state index in [2.05, 4.69) is 120 Å². The minimum Gasteiger partial charge on any atom is -0.256 e. The molecule has 0 amide bonds. The second kappa shape index (κ2) is 10.2. The van der Waals surface area contributed by atoms with E-state index in [4.69, 9.17) is 10.2 Å². The van der Waals surface area contributed by atoms with Gasteiger partial charge in [-0.15, -0.1) is 10.2 Å². The molecule has 9 aromatic rings. The topological polar surface area (TPSA) is 43.6 Å². The molecule has 0 aliphatic heterocycles. The third-order valence-corrected chi connectivity index (χ3v) is 8.70. The van der Waals surface area contributed by atoms with Crippen LogP contribution in [0.15, 0.2) is 158 Å². The molecule has 0 radical (unpaired) electrons. The molecule has 0 aliphatic rings. The third-order valence-electron chi connectivity index (χ3n) is 8.70. The van der Waals surface area contributed by atoms with Crippen LogP contribution < -0.4 is 0 Å². The minimum absolute atomic E-state index is 0.837. The molecule has 0 spiro atoms. The first-order chi connectivity index (χ1) is 22.3. The smallest absolute Gasteiger partial charge is 0.114 e. The Kier molecular flexibility index (Phi) is 5.78. The first-order valence-electron chi connectivity index (χ1n) is 15.1. The molecule has 0 atom stereocenters. The zero-order chi connectivity index (χ0) is 29.7. The van der Waals surface area contributed by atoms with E-state index < -0.39 is 0 Å². The standard InChI is InChI=1S/C41H26N4/c1-2-10-29-25-31(17-16-27(29)9-1)41-35-13-5-3-11-33(35)40(34-12-4-6-14-36(34)41)28-18-21-32(22-19-28)45-43-38-23-20-30(26-39(38)44-45)37-15-7-8-24-42-37/h1-26H. The zero-order valence-electron chi connectivity index (χ0n) is 24.3. The fourth-order valence-electron chi connectivity index (χ4n) is 6.58. The summed E-state index contributed by atoms with van der Waals surface area (Å²) in [5.74, 6) is 0. The van der Waals surface area contributed by atoms with Crippen molar-refractivity contribution < 1.29 is 0 Å². The molecule has 4 nitrogen and oxygen atoms in total. The maximum absolute atomic E-state index is 4.82. The summed E-state index contributed by atoms with van der Waals surface area (Å²) in [6.45, 7) is 0. The van der Waals surface area contributed by atoms with Crippen LogP contribution >= 0.6 is 0 Å². The summed E-state index contributed by atoms with van der Waals surface area (Å²) in [6, 6.07) is 53.5. The summed E-state index contributed by atoms with van der Waals surface area (Å²) in [5, 5.41) is 17.0. The van der Waals surface area contributed by atoms with Gasteiger partial charge in [0.15, 0.2) is 0 Å². The molecule has 2 heterocycles. The molecule has 7 aromatic carbocycles. The molecule has 0 saturated heterocycles. The van der Waals surface area contributed by atoms with E-state index in [9.17, 15) is 0 Å². The summed E-state index contributed by atoms with van der Waals surface area (Å²) in [7, 11) is 0. The number of pyridine rings is 1. The average molecular weight is 575 g/mol. The largest absolute Gasteiger partial charge is 0.256 e. The highest BCUT2D eigenvalue weighted by Gasteiger charge is 2.17. The van der Waals surface area contributed by atoms with Crippen molar-refractivity contribution in [3.63, 3.8) is 0 Å². The predicted octanol–water partition coefficient (Wildman–Crippen LogP) is 10.3. The fraction of sp³-hybridized carbons (Fsp3) is 0. The van der Waals surface area contributed by atoms with Crippen molar-refractivity contribution in [3.05, 3.63) is 158 Å². The zero-order valence-corrected chi connectivity index (χ0v) is 24.3. The molecule has 0 saturated carbocycles. The first kappa shape index (κ1) is 25.4. The van der Waals surface area contributed by atoms with Crippen LogP contribution in [0.5, 0.6) is 0 Å². The Morgan fingerprint density at radius 1 is 0.400 bits per heavy atom. The third kappa shape index (κ3) is 4.27. The molecule has 0 aliphatic carbocycles. The number of aromatic nitrogens is 4. The monoisotopic (exact) mass is 574 g/mol. The number of fused-ring (bicyclic) bond motifs is 4. The van der Waals surface area contributed by atoms with Gasteiger partial charge in [-0.1, -0.05) is 109 Å². The van der Waals surface area contributed by atoms with Gasteiger partial charge in [-0.05, 0) is 97.0 Å². The van der Waals surface area contributed by atoms with Gasteiger partial charge < -0.3 is 0 Å². The van der Waals surface area contributed by atoms with Gasteiger partial charge in [0.05, 0.1) is 11.4 Å². The van der Waals surface area contributed by atoms with Gasteiger partial charge in [0.2, 0.25) is 0 Å². The van der Waals surface area contributed by atoms with E-state index >= 15 is 0 Å². The lowest BCUT2D eigenvalue weighted by Crippen LogP contribution is -1.98. The molecular weight excluding hydrogens is 548 g/mol. The maximum atomic E-state index is 4.82. The Balaban J connectivity index is 1.17. The Labute approximate surface area is 259 Å². The van der Waals surface area contributed by atoms with Gasteiger partial charge in [-0.25, -0.2) is 0 Å². The van der Waals surface area contributed by atoms with E-state index in [0.29, 0.717) is 0 Å². The van der Waals surface area contributed by atoms with Gasteiger partial charge in [-0.3, -0.25) is 4.98 Å². The summed E-state index contributed by atoms with van der Waals surface area (Å²) in [6.07, 6.45) is 1.81. The lowest BCUT2D eigenvalue weighted by molar-refractivity contribution is 0.766. The highest BCUT2D eigenvalue weighted by molar-refractivity contribution is 6.21. The molecule has 0 unspecified atom stereocenters. The number of rotatable bonds is 4. The van der Waals surface area contributed by atoms with Crippen LogP contribution in [0, 0.1) is 0 Å². The van der Waals surface area contributed by atoms with Crippen molar-refractivity contribution >= 4 is 43.4 Å². The van der Waals surface area contributed by atoms with Crippen LogP contribution in [-0.2, 0) is 0 Å². The molecule has 0 N–H and O–H groups in total. The Morgan fingerprint density at radius 2 is 0.978 bits per heavy atom. The Hall–Kier alpha value is -6.13. The predicted molar refractivity (Wildman–Crippen MR) is 185 cm³/mol. The number of nitrogens with zero attached hydrogens (tertiary/aromatic N) is 4. The van der Waals surface area contributed by atoms with Crippen LogP contribution in [0.4, 0.5) is 0 Å². The summed E-state index contributed by atoms with van der Waals surface area (Å²) < 4.78 is 0. The van der Waals surface area contributed by atoms with Crippen molar-refractivity contribution in [2.24, 2.45) is 0 Å². The second-order valence-corrected chi connectivity index (χ2v) is 11.4. The van der Waals surface area contributed by atoms with E-state index in [0.717, 1.165) is 33.5 Å². The molecule has 2 aromatic heterocycles. The SMILES string of the molecule is c1ccc(-c2ccc3nn(-c4ccc(-c5c6ccccc6c(-c6ccc7ccccc7c6)c6ccccc56)cc4)nc3c2)nc1. The Bertz CT molecular complexity index is 2470. The minimum atomic E-state index is 0.837. The summed E-state index contributed by atoms with van der Waals surface area (Å²) in [4.78, 5) is 6.20. The summed E-state index contributed by atoms with van der Waals surface area (Å²) in [5.41, 5.74) is 9.43. The average Bonchev–Trinajstić information content (AvgIpc) is 3.54. The van der Waals surface area contributed by atoms with Gasteiger partial charge >= 0.3 is 0 Å². The molecule has 0 fully saturated rings. The van der Waals surface area contributed by atoms with Crippen molar-refractivity contribution in [3.8, 4) is 39.2 Å². The number of benzene rings is 7. The van der Waals surface area contributed by atoms with Crippen molar-refractivity contribution in [2.75, 3.05) is 0 Å². The van der Waals surface area contributed by atoms with E-state index in [1.165, 1.54) is 49.0 Å². The van der Waals surface area contributed by atoms with Crippen LogP contribution in [0.2, 0.25) is 0 Å². The molecule has 210 valence electrons. The van der Waals surface area contributed by atoms with Crippen molar-refractivity contribution in [1.29, 1.82) is 0 Å². The Morgan fingerprint density at radius 3 is 1.67 bits per heavy atom.